The summed E-state index contributed by atoms with van der Waals surface area (Å²) in [6, 6.07) is 8.45. The first kappa shape index (κ1) is 17.4. The molecule has 0 radical (unpaired) electrons. The molecule has 0 aromatic heterocycles. The third kappa shape index (κ3) is 3.71. The maximum atomic E-state index is 12.7. The highest BCUT2D eigenvalue weighted by atomic mass is 16.2. The van der Waals surface area contributed by atoms with Gasteiger partial charge in [0.05, 0.1) is 5.92 Å². The fourth-order valence-electron chi connectivity index (χ4n) is 4.65. The van der Waals surface area contributed by atoms with E-state index >= 15 is 0 Å². The van der Waals surface area contributed by atoms with Gasteiger partial charge in [0.1, 0.15) is 0 Å². The molecular weight excluding hydrogens is 326 g/mol. The van der Waals surface area contributed by atoms with Crippen LogP contribution in [0.15, 0.2) is 24.3 Å². The highest BCUT2D eigenvalue weighted by Crippen LogP contribution is 2.30. The number of benzene rings is 1. The van der Waals surface area contributed by atoms with Gasteiger partial charge in [0, 0.05) is 43.5 Å². The summed E-state index contributed by atoms with van der Waals surface area (Å²) >= 11 is 0. The molecule has 1 aliphatic carbocycles. The number of carbonyl (C=O) groups excluding carboxylic acids is 2. The van der Waals surface area contributed by atoms with Gasteiger partial charge in [0.15, 0.2) is 0 Å². The molecule has 5 nitrogen and oxygen atoms in total. The van der Waals surface area contributed by atoms with Crippen molar-refractivity contribution in [2.45, 2.75) is 57.4 Å². The minimum Gasteiger partial charge on any atom is -0.371 e. The fourth-order valence-corrected chi connectivity index (χ4v) is 4.65. The fraction of sp³-hybridized carbons (Fsp3) is 0.619. The van der Waals surface area contributed by atoms with E-state index in [9.17, 15) is 9.59 Å². The Bertz CT molecular complexity index is 663. The number of rotatable bonds is 4. The van der Waals surface area contributed by atoms with Crippen LogP contribution in [0.2, 0.25) is 0 Å². The molecule has 2 aliphatic heterocycles. The monoisotopic (exact) mass is 355 g/mol. The summed E-state index contributed by atoms with van der Waals surface area (Å²) in [6.45, 7) is 2.76. The zero-order chi connectivity index (χ0) is 17.9. The quantitative estimate of drug-likeness (QED) is 0.900. The summed E-state index contributed by atoms with van der Waals surface area (Å²) in [5, 5.41) is 3.05. The zero-order valence-electron chi connectivity index (χ0n) is 15.5. The first-order valence-electron chi connectivity index (χ1n) is 10.2. The highest BCUT2D eigenvalue weighted by Gasteiger charge is 2.38. The topological polar surface area (TPSA) is 52.7 Å². The molecular formula is C21H29N3O2. The number of nitrogens with zero attached hydrogens (tertiary/aromatic N) is 2. The van der Waals surface area contributed by atoms with Crippen LogP contribution in [-0.2, 0) is 9.59 Å². The Balaban J connectivity index is 1.37. The molecule has 1 unspecified atom stereocenters. The summed E-state index contributed by atoms with van der Waals surface area (Å²) in [5.74, 6) is -0.0852. The highest BCUT2D eigenvalue weighted by molar-refractivity contribution is 5.97. The second-order valence-electron chi connectivity index (χ2n) is 7.97. The summed E-state index contributed by atoms with van der Waals surface area (Å²) in [7, 11) is 0. The molecule has 1 aromatic rings. The summed E-state index contributed by atoms with van der Waals surface area (Å²) < 4.78 is 0. The first-order chi connectivity index (χ1) is 12.7. The Kier molecular flexibility index (Phi) is 5.14. The standard InChI is InChI=1S/C21H29N3O2/c25-20-13-16(15-24(20)18-8-2-1-3-9-18)21(26)22-17-7-6-10-19(14-17)23-11-4-5-12-23/h6-7,10,14,16,18H,1-5,8-9,11-13,15H2,(H,22,26). The van der Waals surface area contributed by atoms with Gasteiger partial charge in [0.2, 0.25) is 11.8 Å². The molecule has 0 bridgehead atoms. The lowest BCUT2D eigenvalue weighted by Crippen LogP contribution is -2.38. The number of nitrogens with one attached hydrogen (secondary N) is 1. The van der Waals surface area contributed by atoms with Crippen LogP contribution in [0.1, 0.15) is 51.4 Å². The average Bonchev–Trinajstić information content (AvgIpc) is 3.32. The van der Waals surface area contributed by atoms with E-state index in [4.69, 9.17) is 0 Å². The normalized spacial score (nSPS) is 24.3. The van der Waals surface area contributed by atoms with Gasteiger partial charge in [0.25, 0.3) is 0 Å². The van der Waals surface area contributed by atoms with E-state index in [1.165, 1.54) is 37.8 Å². The van der Waals surface area contributed by atoms with Crippen LogP contribution in [0.25, 0.3) is 0 Å². The molecule has 140 valence electrons. The lowest BCUT2D eigenvalue weighted by Gasteiger charge is -2.31. The molecule has 0 spiro atoms. The summed E-state index contributed by atoms with van der Waals surface area (Å²) in [5.41, 5.74) is 2.01. The first-order valence-corrected chi connectivity index (χ1v) is 10.2. The van der Waals surface area contributed by atoms with Crippen LogP contribution < -0.4 is 10.2 Å². The van der Waals surface area contributed by atoms with Gasteiger partial charge >= 0.3 is 0 Å². The number of likely N-dealkylation sites (tertiary alicyclic amines) is 1. The van der Waals surface area contributed by atoms with Crippen molar-refractivity contribution in [1.29, 1.82) is 0 Å². The van der Waals surface area contributed by atoms with Gasteiger partial charge in [-0.25, -0.2) is 0 Å². The predicted molar refractivity (Wildman–Crippen MR) is 103 cm³/mol. The lowest BCUT2D eigenvalue weighted by atomic mass is 9.94. The number of hydrogen-bond acceptors (Lipinski definition) is 3. The van der Waals surface area contributed by atoms with Crippen molar-refractivity contribution in [3.63, 3.8) is 0 Å². The van der Waals surface area contributed by atoms with Crippen molar-refractivity contribution < 1.29 is 9.59 Å². The van der Waals surface area contributed by atoms with Gasteiger partial charge in [-0.1, -0.05) is 25.3 Å². The Hall–Kier alpha value is -2.04. The number of anilines is 2. The van der Waals surface area contributed by atoms with Crippen molar-refractivity contribution in [3.05, 3.63) is 24.3 Å². The molecule has 4 rings (SSSR count). The second kappa shape index (κ2) is 7.68. The number of carbonyl (C=O) groups is 2. The van der Waals surface area contributed by atoms with E-state index in [0.29, 0.717) is 19.0 Å². The van der Waals surface area contributed by atoms with Crippen molar-refractivity contribution >= 4 is 23.2 Å². The van der Waals surface area contributed by atoms with Crippen molar-refractivity contribution in [2.75, 3.05) is 29.9 Å². The second-order valence-corrected chi connectivity index (χ2v) is 7.97. The molecule has 1 saturated carbocycles. The van der Waals surface area contributed by atoms with Crippen LogP contribution in [-0.4, -0.2) is 42.4 Å². The molecule has 3 fully saturated rings. The SMILES string of the molecule is O=C(Nc1cccc(N2CCCC2)c1)C1CC(=O)N(C2CCCCC2)C1. The molecule has 2 saturated heterocycles. The van der Waals surface area contributed by atoms with Gasteiger partial charge < -0.3 is 15.1 Å². The third-order valence-electron chi connectivity index (χ3n) is 6.13. The number of amides is 2. The smallest absolute Gasteiger partial charge is 0.229 e. The van der Waals surface area contributed by atoms with E-state index in [0.717, 1.165) is 31.6 Å². The Morgan fingerprint density at radius 2 is 1.81 bits per heavy atom. The Labute approximate surface area is 155 Å². The predicted octanol–water partition coefficient (Wildman–Crippen LogP) is 3.41. The molecule has 5 heteroatoms. The van der Waals surface area contributed by atoms with E-state index in [-0.39, 0.29) is 17.7 Å². The van der Waals surface area contributed by atoms with Crippen molar-refractivity contribution in [2.24, 2.45) is 5.92 Å². The van der Waals surface area contributed by atoms with Crippen LogP contribution in [0.3, 0.4) is 0 Å². The van der Waals surface area contributed by atoms with E-state index in [1.54, 1.807) is 0 Å². The maximum absolute atomic E-state index is 12.7. The molecule has 3 aliphatic rings. The van der Waals surface area contributed by atoms with Gasteiger partial charge in [-0.3, -0.25) is 9.59 Å². The van der Waals surface area contributed by atoms with Gasteiger partial charge in [-0.15, -0.1) is 0 Å². The van der Waals surface area contributed by atoms with E-state index in [1.807, 2.05) is 17.0 Å². The van der Waals surface area contributed by atoms with E-state index in [2.05, 4.69) is 22.3 Å². The number of hydrogen-bond donors (Lipinski definition) is 1. The van der Waals surface area contributed by atoms with Crippen LogP contribution in [0.5, 0.6) is 0 Å². The van der Waals surface area contributed by atoms with Crippen LogP contribution in [0.4, 0.5) is 11.4 Å². The average molecular weight is 355 g/mol. The van der Waals surface area contributed by atoms with Crippen molar-refractivity contribution in [3.8, 4) is 0 Å². The van der Waals surface area contributed by atoms with Crippen molar-refractivity contribution in [1.82, 2.24) is 4.90 Å². The van der Waals surface area contributed by atoms with Crippen LogP contribution >= 0.6 is 0 Å². The minimum atomic E-state index is -0.222. The molecule has 26 heavy (non-hydrogen) atoms. The lowest BCUT2D eigenvalue weighted by molar-refractivity contribution is -0.130. The molecule has 2 amide bonds. The van der Waals surface area contributed by atoms with E-state index < -0.39 is 0 Å². The van der Waals surface area contributed by atoms with Crippen LogP contribution in [0, 0.1) is 5.92 Å². The minimum absolute atomic E-state index is 0.0183. The summed E-state index contributed by atoms with van der Waals surface area (Å²) in [4.78, 5) is 29.5. The zero-order valence-corrected chi connectivity index (χ0v) is 15.5. The molecule has 2 heterocycles. The Morgan fingerprint density at radius 1 is 1.04 bits per heavy atom. The third-order valence-corrected chi connectivity index (χ3v) is 6.13. The summed E-state index contributed by atoms with van der Waals surface area (Å²) in [6.07, 6.45) is 8.69. The largest absolute Gasteiger partial charge is 0.371 e. The molecule has 1 N–H and O–H groups in total. The molecule has 1 aromatic carbocycles. The maximum Gasteiger partial charge on any atom is 0.229 e. The molecule has 1 atom stereocenters. The van der Waals surface area contributed by atoms with Gasteiger partial charge in [-0.2, -0.15) is 0 Å². The Morgan fingerprint density at radius 3 is 2.58 bits per heavy atom. The van der Waals surface area contributed by atoms with Gasteiger partial charge in [-0.05, 0) is 43.9 Å².